The van der Waals surface area contributed by atoms with Gasteiger partial charge in [0.15, 0.2) is 15.0 Å². The number of amidine groups is 1. The first-order valence-electron chi connectivity index (χ1n) is 10.2. The number of benzene rings is 1. The van der Waals surface area contributed by atoms with Gasteiger partial charge in [0.05, 0.1) is 17.5 Å². The molecular formula is C21H23N5O3S2. The number of carbonyl (C=O) groups excluding carboxylic acids is 1. The molecule has 1 aromatic heterocycles. The monoisotopic (exact) mass is 457 g/mol. The second kappa shape index (κ2) is 8.16. The zero-order valence-electron chi connectivity index (χ0n) is 16.8. The molecule has 3 aliphatic rings. The first-order chi connectivity index (χ1) is 15.0. The number of aliphatic imine (C=N–C) groups is 1. The first kappa shape index (κ1) is 20.3. The molecule has 31 heavy (non-hydrogen) atoms. The molecule has 1 aromatic carbocycles. The molecule has 10 heteroatoms. The number of pyridine rings is 1. The van der Waals surface area contributed by atoms with Crippen LogP contribution in [0.25, 0.3) is 0 Å². The summed E-state index contributed by atoms with van der Waals surface area (Å²) < 4.78 is 23.4. The van der Waals surface area contributed by atoms with E-state index in [2.05, 4.69) is 20.2 Å². The van der Waals surface area contributed by atoms with Gasteiger partial charge in [-0.25, -0.2) is 13.4 Å². The van der Waals surface area contributed by atoms with E-state index >= 15 is 0 Å². The van der Waals surface area contributed by atoms with Gasteiger partial charge in [-0.1, -0.05) is 17.8 Å². The highest BCUT2D eigenvalue weighted by molar-refractivity contribution is 8.15. The van der Waals surface area contributed by atoms with E-state index in [1.54, 1.807) is 6.20 Å². The van der Waals surface area contributed by atoms with E-state index in [0.717, 1.165) is 29.8 Å². The largest absolute Gasteiger partial charge is 0.353 e. The molecule has 0 aliphatic carbocycles. The summed E-state index contributed by atoms with van der Waals surface area (Å²) in [6, 6.07) is 13.1. The van der Waals surface area contributed by atoms with Crippen LogP contribution in [0, 0.1) is 0 Å². The predicted octanol–water partition coefficient (Wildman–Crippen LogP) is 1.72. The molecule has 0 radical (unpaired) electrons. The van der Waals surface area contributed by atoms with Crippen LogP contribution in [0.4, 0.5) is 11.5 Å². The lowest BCUT2D eigenvalue weighted by molar-refractivity contribution is 0.0746. The summed E-state index contributed by atoms with van der Waals surface area (Å²) in [5, 5.41) is 4.00. The average Bonchev–Trinajstić information content (AvgIpc) is 3.27. The summed E-state index contributed by atoms with van der Waals surface area (Å²) in [7, 11) is -2.95. The molecule has 2 aromatic rings. The normalized spacial score (nSPS) is 24.6. The highest BCUT2D eigenvalue weighted by Gasteiger charge is 2.42. The number of hydrogen-bond donors (Lipinski definition) is 1. The van der Waals surface area contributed by atoms with Crippen LogP contribution in [0.3, 0.4) is 0 Å². The van der Waals surface area contributed by atoms with Crippen LogP contribution in [0.5, 0.6) is 0 Å². The van der Waals surface area contributed by atoms with Crippen molar-refractivity contribution in [2.45, 2.75) is 11.3 Å². The molecule has 162 valence electrons. The number of fused-ring (bicyclic) bond motifs is 1. The number of amides is 1. The van der Waals surface area contributed by atoms with Crippen molar-refractivity contribution in [2.24, 2.45) is 4.99 Å². The third-order valence-electron chi connectivity index (χ3n) is 5.74. The number of piperazine rings is 1. The van der Waals surface area contributed by atoms with Gasteiger partial charge < -0.3 is 15.1 Å². The molecule has 1 N–H and O–H groups in total. The molecule has 0 spiro atoms. The van der Waals surface area contributed by atoms with Crippen LogP contribution in [0.1, 0.15) is 10.4 Å². The fraction of sp³-hybridized carbons (Fsp3) is 0.381. The van der Waals surface area contributed by atoms with E-state index in [-0.39, 0.29) is 28.7 Å². The maximum Gasteiger partial charge on any atom is 0.253 e. The maximum absolute atomic E-state index is 12.9. The van der Waals surface area contributed by atoms with E-state index in [4.69, 9.17) is 0 Å². The number of anilines is 2. The van der Waals surface area contributed by atoms with Gasteiger partial charge in [0, 0.05) is 48.9 Å². The molecule has 0 bridgehead atoms. The predicted molar refractivity (Wildman–Crippen MR) is 124 cm³/mol. The van der Waals surface area contributed by atoms with Gasteiger partial charge in [0.1, 0.15) is 5.82 Å². The third kappa shape index (κ3) is 4.40. The average molecular weight is 458 g/mol. The molecule has 4 heterocycles. The number of aromatic nitrogens is 1. The number of sulfone groups is 1. The lowest BCUT2D eigenvalue weighted by atomic mass is 10.1. The highest BCUT2D eigenvalue weighted by Crippen LogP contribution is 2.34. The van der Waals surface area contributed by atoms with E-state index in [1.807, 2.05) is 47.4 Å². The quantitative estimate of drug-likeness (QED) is 0.750. The standard InChI is InChI=1S/C21H23N5O3S2/c27-20(26-11-9-25(10-12-26)19-3-1-2-8-22-19)15-4-6-16(7-5-15)23-21-24-17-13-31(28,29)14-18(17)30-21/h1-8,17-18H,9-14H2,(H,23,24). The van der Waals surface area contributed by atoms with Crippen molar-refractivity contribution in [1.82, 2.24) is 9.88 Å². The Labute approximate surface area is 185 Å². The van der Waals surface area contributed by atoms with Gasteiger partial charge in [-0.3, -0.25) is 9.79 Å². The Bertz CT molecular complexity index is 1100. The van der Waals surface area contributed by atoms with E-state index < -0.39 is 9.84 Å². The summed E-state index contributed by atoms with van der Waals surface area (Å²) in [6.45, 7) is 2.85. The van der Waals surface area contributed by atoms with Crippen LogP contribution in [-0.4, -0.2) is 78.4 Å². The summed E-state index contributed by atoms with van der Waals surface area (Å²) >= 11 is 1.48. The molecule has 2 unspecified atom stereocenters. The molecule has 0 saturated carbocycles. The second-order valence-corrected chi connectivity index (χ2v) is 11.3. The van der Waals surface area contributed by atoms with Crippen LogP contribution in [0.2, 0.25) is 0 Å². The molecule has 3 aliphatic heterocycles. The molecule has 2 fully saturated rings. The van der Waals surface area contributed by atoms with Crippen LogP contribution in [0.15, 0.2) is 53.7 Å². The Balaban J connectivity index is 1.17. The zero-order valence-corrected chi connectivity index (χ0v) is 18.5. The van der Waals surface area contributed by atoms with Gasteiger partial charge >= 0.3 is 0 Å². The summed E-state index contributed by atoms with van der Waals surface area (Å²) in [5.74, 6) is 1.30. The van der Waals surface area contributed by atoms with Crippen molar-refractivity contribution < 1.29 is 13.2 Å². The van der Waals surface area contributed by atoms with Gasteiger partial charge in [0.25, 0.3) is 5.91 Å². The lowest BCUT2D eigenvalue weighted by Crippen LogP contribution is -2.49. The molecule has 8 nitrogen and oxygen atoms in total. The molecular weight excluding hydrogens is 434 g/mol. The summed E-state index contributed by atoms with van der Waals surface area (Å²) in [4.78, 5) is 25.8. The Kier molecular flexibility index (Phi) is 5.35. The number of thioether (sulfide) groups is 1. The minimum absolute atomic E-state index is 0.0121. The van der Waals surface area contributed by atoms with Gasteiger partial charge in [0.2, 0.25) is 0 Å². The van der Waals surface area contributed by atoms with Crippen LogP contribution in [-0.2, 0) is 9.84 Å². The van der Waals surface area contributed by atoms with Crippen molar-refractivity contribution >= 4 is 44.2 Å². The maximum atomic E-state index is 12.9. The number of nitrogens with one attached hydrogen (secondary N) is 1. The topological polar surface area (TPSA) is 95.0 Å². The first-order valence-corrected chi connectivity index (χ1v) is 12.9. The van der Waals surface area contributed by atoms with E-state index in [1.165, 1.54) is 11.8 Å². The van der Waals surface area contributed by atoms with Gasteiger partial charge in [-0.05, 0) is 36.4 Å². The van der Waals surface area contributed by atoms with Crippen LogP contribution < -0.4 is 10.2 Å². The molecule has 5 rings (SSSR count). The number of rotatable bonds is 3. The SMILES string of the molecule is O=C(c1ccc(NC2=NC3CS(=O)(=O)CC3S2)cc1)N1CCN(c2ccccn2)CC1. The van der Waals surface area contributed by atoms with Gasteiger partial charge in [-0.2, -0.15) is 0 Å². The number of nitrogens with zero attached hydrogens (tertiary/aromatic N) is 4. The van der Waals surface area contributed by atoms with Crippen LogP contribution >= 0.6 is 11.8 Å². The van der Waals surface area contributed by atoms with Crippen molar-refractivity contribution in [2.75, 3.05) is 47.9 Å². The van der Waals surface area contributed by atoms with E-state index in [0.29, 0.717) is 18.7 Å². The Hall–Kier alpha value is -2.59. The Morgan fingerprint density at radius 1 is 1.03 bits per heavy atom. The zero-order chi connectivity index (χ0) is 21.4. The number of carbonyl (C=O) groups is 1. The molecule has 2 saturated heterocycles. The van der Waals surface area contributed by atoms with Crippen molar-refractivity contribution in [3.8, 4) is 0 Å². The van der Waals surface area contributed by atoms with Crippen molar-refractivity contribution in [3.63, 3.8) is 0 Å². The Morgan fingerprint density at radius 2 is 1.81 bits per heavy atom. The van der Waals surface area contributed by atoms with Crippen molar-refractivity contribution in [3.05, 3.63) is 54.2 Å². The third-order valence-corrected chi connectivity index (χ3v) is 8.88. The summed E-state index contributed by atoms with van der Waals surface area (Å²) in [5.41, 5.74) is 1.49. The molecule has 2 atom stereocenters. The minimum Gasteiger partial charge on any atom is -0.353 e. The van der Waals surface area contributed by atoms with Crippen molar-refractivity contribution in [1.29, 1.82) is 0 Å². The number of hydrogen-bond acceptors (Lipinski definition) is 8. The molecule has 1 amide bonds. The van der Waals surface area contributed by atoms with Gasteiger partial charge in [-0.15, -0.1) is 0 Å². The highest BCUT2D eigenvalue weighted by atomic mass is 32.2. The van der Waals surface area contributed by atoms with E-state index in [9.17, 15) is 13.2 Å². The smallest absolute Gasteiger partial charge is 0.253 e. The minimum atomic E-state index is -2.95. The Morgan fingerprint density at radius 3 is 2.48 bits per heavy atom. The summed E-state index contributed by atoms with van der Waals surface area (Å²) in [6.07, 6.45) is 1.78. The second-order valence-electron chi connectivity index (χ2n) is 7.90. The fourth-order valence-electron chi connectivity index (χ4n) is 4.10. The fourth-order valence-corrected chi connectivity index (χ4v) is 7.77. The lowest BCUT2D eigenvalue weighted by Gasteiger charge is -2.35.